The van der Waals surface area contributed by atoms with E-state index in [1.54, 1.807) is 0 Å². The zero-order chi connectivity index (χ0) is 10.2. The Kier molecular flexibility index (Phi) is 2.68. The van der Waals surface area contributed by atoms with E-state index in [0.717, 1.165) is 18.8 Å². The maximum Gasteiger partial charge on any atom is 0.136 e. The average molecular weight is 194 g/mol. The van der Waals surface area contributed by atoms with Crippen LogP contribution in [0, 0.1) is 17.3 Å². The molecule has 1 nitrogen and oxygen atoms in total. The number of fused-ring (bicyclic) bond motifs is 1. The molecular weight excluding hydrogens is 172 g/mol. The number of hydrogen-bond acceptors (Lipinski definition) is 1. The molecule has 0 N–H and O–H groups in total. The number of hydrogen-bond donors (Lipinski definition) is 0. The Hall–Kier alpha value is -0.330. The topological polar surface area (TPSA) is 17.1 Å². The molecule has 2 fully saturated rings. The first kappa shape index (κ1) is 10.2. The van der Waals surface area contributed by atoms with E-state index < -0.39 is 0 Å². The number of ketones is 1. The van der Waals surface area contributed by atoms with Gasteiger partial charge in [-0.25, -0.2) is 0 Å². The van der Waals surface area contributed by atoms with Gasteiger partial charge < -0.3 is 0 Å². The van der Waals surface area contributed by atoms with Crippen molar-refractivity contribution in [1.29, 1.82) is 0 Å². The van der Waals surface area contributed by atoms with Gasteiger partial charge in [-0.1, -0.05) is 26.7 Å². The summed E-state index contributed by atoms with van der Waals surface area (Å²) in [6, 6.07) is 0. The Morgan fingerprint density at radius 3 is 2.86 bits per heavy atom. The predicted octanol–water partition coefficient (Wildman–Crippen LogP) is 3.57. The van der Waals surface area contributed by atoms with Crippen LogP contribution >= 0.6 is 0 Å². The monoisotopic (exact) mass is 194 g/mol. The molecule has 0 amide bonds. The minimum Gasteiger partial charge on any atom is -0.299 e. The van der Waals surface area contributed by atoms with Crippen LogP contribution in [-0.4, -0.2) is 5.78 Å². The van der Waals surface area contributed by atoms with Crippen molar-refractivity contribution in [2.45, 2.75) is 58.8 Å². The highest BCUT2D eigenvalue weighted by Crippen LogP contribution is 2.52. The average Bonchev–Trinajstić information content (AvgIpc) is 2.17. The molecule has 1 heteroatoms. The summed E-state index contributed by atoms with van der Waals surface area (Å²) in [5, 5.41) is 0. The second-order valence-corrected chi connectivity index (χ2v) is 5.41. The van der Waals surface area contributed by atoms with Crippen LogP contribution in [0.15, 0.2) is 0 Å². The van der Waals surface area contributed by atoms with Gasteiger partial charge in [-0.15, -0.1) is 0 Å². The third-order valence-electron chi connectivity index (χ3n) is 4.79. The van der Waals surface area contributed by atoms with Crippen LogP contribution in [0.25, 0.3) is 0 Å². The van der Waals surface area contributed by atoms with Gasteiger partial charge >= 0.3 is 0 Å². The molecule has 0 spiro atoms. The summed E-state index contributed by atoms with van der Waals surface area (Å²) in [5.74, 6) is 1.79. The van der Waals surface area contributed by atoms with Crippen LogP contribution in [0.4, 0.5) is 0 Å². The lowest BCUT2D eigenvalue weighted by atomic mass is 9.54. The lowest BCUT2D eigenvalue weighted by molar-refractivity contribution is -0.135. The highest BCUT2D eigenvalue weighted by Gasteiger charge is 2.47. The van der Waals surface area contributed by atoms with Crippen molar-refractivity contribution in [2.24, 2.45) is 17.3 Å². The molecule has 0 radical (unpaired) electrons. The Morgan fingerprint density at radius 1 is 1.36 bits per heavy atom. The number of carbonyl (C=O) groups excluding carboxylic acids is 1. The second-order valence-electron chi connectivity index (χ2n) is 5.41. The van der Waals surface area contributed by atoms with Crippen molar-refractivity contribution < 1.29 is 4.79 Å². The van der Waals surface area contributed by atoms with Crippen LogP contribution in [-0.2, 0) is 4.79 Å². The van der Waals surface area contributed by atoms with Gasteiger partial charge in [0.15, 0.2) is 0 Å². The van der Waals surface area contributed by atoms with Gasteiger partial charge in [0, 0.05) is 12.3 Å². The minimum absolute atomic E-state index is 0.363. The van der Waals surface area contributed by atoms with Crippen LogP contribution in [0.2, 0.25) is 0 Å². The Morgan fingerprint density at radius 2 is 2.14 bits per heavy atom. The summed E-state index contributed by atoms with van der Waals surface area (Å²) in [7, 11) is 0. The summed E-state index contributed by atoms with van der Waals surface area (Å²) >= 11 is 0. The van der Waals surface area contributed by atoms with E-state index in [2.05, 4.69) is 13.8 Å². The molecule has 0 aromatic rings. The molecule has 80 valence electrons. The third-order valence-corrected chi connectivity index (χ3v) is 4.79. The van der Waals surface area contributed by atoms with Crippen LogP contribution in [0.5, 0.6) is 0 Å². The zero-order valence-corrected chi connectivity index (χ0v) is 9.51. The van der Waals surface area contributed by atoms with Crippen molar-refractivity contribution in [3.8, 4) is 0 Å². The standard InChI is InChI=1S/C13H22O/c1-3-10-6-4-7-11-12(14)8-5-9-13(10,11)2/h10-11H,3-9H2,1-2H3/t10-,11-,13+/m0/s1. The van der Waals surface area contributed by atoms with Gasteiger partial charge in [-0.2, -0.15) is 0 Å². The highest BCUT2D eigenvalue weighted by atomic mass is 16.1. The molecule has 0 bridgehead atoms. The maximum absolute atomic E-state index is 11.9. The number of rotatable bonds is 1. The van der Waals surface area contributed by atoms with Crippen molar-refractivity contribution in [3.05, 3.63) is 0 Å². The highest BCUT2D eigenvalue weighted by molar-refractivity contribution is 5.82. The number of carbonyl (C=O) groups is 1. The van der Waals surface area contributed by atoms with Crippen LogP contribution in [0.1, 0.15) is 58.8 Å². The van der Waals surface area contributed by atoms with Crippen molar-refractivity contribution in [1.82, 2.24) is 0 Å². The molecule has 0 aliphatic heterocycles. The van der Waals surface area contributed by atoms with E-state index in [9.17, 15) is 4.79 Å². The fourth-order valence-electron chi connectivity index (χ4n) is 3.91. The molecule has 0 unspecified atom stereocenters. The molecule has 2 rings (SSSR count). The predicted molar refractivity (Wildman–Crippen MR) is 58.1 cm³/mol. The molecule has 2 aliphatic carbocycles. The first-order valence-corrected chi connectivity index (χ1v) is 6.21. The Balaban J connectivity index is 2.23. The summed E-state index contributed by atoms with van der Waals surface area (Å²) in [4.78, 5) is 11.9. The first-order valence-electron chi connectivity index (χ1n) is 6.21. The molecule has 14 heavy (non-hydrogen) atoms. The normalized spacial score (nSPS) is 43.4. The Bertz CT molecular complexity index is 233. The fraction of sp³-hybridized carbons (Fsp3) is 0.923. The van der Waals surface area contributed by atoms with E-state index in [0.29, 0.717) is 17.1 Å². The van der Waals surface area contributed by atoms with Crippen molar-refractivity contribution in [2.75, 3.05) is 0 Å². The quantitative estimate of drug-likeness (QED) is 0.623. The second kappa shape index (κ2) is 3.67. The largest absolute Gasteiger partial charge is 0.299 e. The third kappa shape index (κ3) is 1.41. The molecule has 3 atom stereocenters. The Labute approximate surface area is 87.3 Å². The van der Waals surface area contributed by atoms with Gasteiger partial charge in [0.25, 0.3) is 0 Å². The van der Waals surface area contributed by atoms with E-state index in [4.69, 9.17) is 0 Å². The summed E-state index contributed by atoms with van der Waals surface area (Å²) < 4.78 is 0. The fourth-order valence-corrected chi connectivity index (χ4v) is 3.91. The van der Waals surface area contributed by atoms with Gasteiger partial charge in [-0.3, -0.25) is 4.79 Å². The molecule has 0 aromatic heterocycles. The minimum atomic E-state index is 0.363. The molecule has 2 saturated carbocycles. The van der Waals surface area contributed by atoms with Crippen LogP contribution in [0.3, 0.4) is 0 Å². The molecule has 0 saturated heterocycles. The van der Waals surface area contributed by atoms with E-state index in [1.807, 2.05) is 0 Å². The van der Waals surface area contributed by atoms with Gasteiger partial charge in [0.2, 0.25) is 0 Å². The summed E-state index contributed by atoms with van der Waals surface area (Å²) in [6.07, 6.45) is 8.37. The molecular formula is C13H22O. The van der Waals surface area contributed by atoms with Gasteiger partial charge in [0.1, 0.15) is 5.78 Å². The SMILES string of the molecule is CC[C@H]1CCC[C@H]2C(=O)CCC[C@]12C. The molecule has 2 aliphatic rings. The van der Waals surface area contributed by atoms with Crippen molar-refractivity contribution in [3.63, 3.8) is 0 Å². The zero-order valence-electron chi connectivity index (χ0n) is 9.51. The van der Waals surface area contributed by atoms with E-state index in [-0.39, 0.29) is 0 Å². The van der Waals surface area contributed by atoms with Gasteiger partial charge in [-0.05, 0) is 37.0 Å². The number of Topliss-reactive ketones (excluding diaryl/α,β-unsaturated/α-hetero) is 1. The summed E-state index contributed by atoms with van der Waals surface area (Å²) in [6.45, 7) is 4.67. The van der Waals surface area contributed by atoms with E-state index >= 15 is 0 Å². The lowest BCUT2D eigenvalue weighted by Crippen LogP contribution is -2.45. The smallest absolute Gasteiger partial charge is 0.136 e. The molecule has 0 heterocycles. The van der Waals surface area contributed by atoms with Crippen LogP contribution < -0.4 is 0 Å². The molecule has 0 aromatic carbocycles. The first-order chi connectivity index (χ1) is 6.68. The van der Waals surface area contributed by atoms with Crippen molar-refractivity contribution >= 4 is 5.78 Å². The lowest BCUT2D eigenvalue weighted by Gasteiger charge is -2.49. The summed E-state index contributed by atoms with van der Waals surface area (Å²) in [5.41, 5.74) is 0.363. The maximum atomic E-state index is 11.9. The van der Waals surface area contributed by atoms with Gasteiger partial charge in [0.05, 0.1) is 0 Å². The van der Waals surface area contributed by atoms with E-state index in [1.165, 1.54) is 32.1 Å².